The normalized spacial score (nSPS) is 17.8. The van der Waals surface area contributed by atoms with Gasteiger partial charge in [0.15, 0.2) is 11.6 Å². The number of ether oxygens (including phenoxy) is 1. The maximum Gasteiger partial charge on any atom is 0.191 e. The summed E-state index contributed by atoms with van der Waals surface area (Å²) in [4.78, 5) is 25.4. The predicted molar refractivity (Wildman–Crippen MR) is 109 cm³/mol. The Morgan fingerprint density at radius 1 is 0.821 bits per heavy atom. The second-order valence-electron chi connectivity index (χ2n) is 8.20. The van der Waals surface area contributed by atoms with E-state index in [2.05, 4.69) is 22.5 Å². The molecule has 0 spiro atoms. The first-order valence-electron chi connectivity index (χ1n) is 9.18. The van der Waals surface area contributed by atoms with Crippen molar-refractivity contribution in [2.75, 3.05) is 17.7 Å². The number of rotatable bonds is 1. The van der Waals surface area contributed by atoms with E-state index in [4.69, 9.17) is 4.74 Å². The Hall–Kier alpha value is -3.26. The van der Waals surface area contributed by atoms with Crippen LogP contribution in [0.1, 0.15) is 59.5 Å². The molecule has 0 saturated carbocycles. The zero-order valence-corrected chi connectivity index (χ0v) is 16.6. The monoisotopic (exact) mass is 374 g/mol. The summed E-state index contributed by atoms with van der Waals surface area (Å²) in [7, 11) is 1.58. The Morgan fingerprint density at radius 2 is 1.46 bits per heavy atom. The van der Waals surface area contributed by atoms with Gasteiger partial charge in [0.1, 0.15) is 5.75 Å². The Morgan fingerprint density at radius 3 is 2.18 bits per heavy atom. The van der Waals surface area contributed by atoms with Crippen molar-refractivity contribution >= 4 is 22.9 Å². The van der Waals surface area contributed by atoms with Crippen LogP contribution in [0, 0.1) is 11.8 Å². The molecule has 2 aromatic carbocycles. The summed E-state index contributed by atoms with van der Waals surface area (Å²) in [6.07, 6.45) is 0. The van der Waals surface area contributed by atoms with E-state index in [0.29, 0.717) is 28.1 Å². The number of ketones is 2. The van der Waals surface area contributed by atoms with Crippen LogP contribution in [0.4, 0.5) is 11.4 Å². The largest absolute Gasteiger partial charge is 0.495 e. The predicted octanol–water partition coefficient (Wildman–Crippen LogP) is 3.87. The van der Waals surface area contributed by atoms with Crippen LogP contribution in [0.25, 0.3) is 0 Å². The molecule has 0 fully saturated rings. The highest BCUT2D eigenvalue weighted by atomic mass is 16.5. The van der Waals surface area contributed by atoms with Crippen LogP contribution < -0.4 is 15.4 Å². The van der Waals surface area contributed by atoms with E-state index in [1.807, 2.05) is 52.0 Å². The number of hydrogen-bond acceptors (Lipinski definition) is 5. The maximum absolute atomic E-state index is 12.9. The van der Waals surface area contributed by atoms with Gasteiger partial charge in [-0.3, -0.25) is 9.59 Å². The van der Waals surface area contributed by atoms with Crippen molar-refractivity contribution < 1.29 is 14.3 Å². The highest BCUT2D eigenvalue weighted by Gasteiger charge is 2.40. The molecule has 2 heterocycles. The number of methoxy groups -OCH3 is 1. The van der Waals surface area contributed by atoms with Crippen molar-refractivity contribution in [2.24, 2.45) is 0 Å². The molecule has 0 saturated heterocycles. The summed E-state index contributed by atoms with van der Waals surface area (Å²) < 4.78 is 5.40. The van der Waals surface area contributed by atoms with Crippen LogP contribution in [0.5, 0.6) is 5.75 Å². The minimum Gasteiger partial charge on any atom is -0.495 e. The first-order chi connectivity index (χ1) is 13.2. The zero-order chi connectivity index (χ0) is 20.3. The van der Waals surface area contributed by atoms with E-state index < -0.39 is 11.1 Å². The third-order valence-corrected chi connectivity index (χ3v) is 5.27. The smallest absolute Gasteiger partial charge is 0.191 e. The molecule has 4 rings (SSSR count). The molecule has 0 bridgehead atoms. The minimum absolute atomic E-state index is 0.0153. The average molecular weight is 374 g/mol. The molecular weight excluding hydrogens is 352 g/mol. The Labute approximate surface area is 164 Å². The molecular formula is C23H22N2O3. The molecule has 5 nitrogen and oxygen atoms in total. The van der Waals surface area contributed by atoms with Crippen molar-refractivity contribution in [3.63, 3.8) is 0 Å². The van der Waals surface area contributed by atoms with E-state index >= 15 is 0 Å². The van der Waals surface area contributed by atoms with Gasteiger partial charge in [0.2, 0.25) is 0 Å². The van der Waals surface area contributed by atoms with E-state index in [1.54, 1.807) is 13.2 Å². The number of Topliss-reactive ketones (excluding diaryl/α,β-unsaturated/α-hetero) is 2. The number of para-hydroxylation sites is 1. The van der Waals surface area contributed by atoms with Crippen molar-refractivity contribution in [2.45, 2.75) is 38.8 Å². The Bertz CT molecular complexity index is 1100. The number of benzene rings is 2. The summed E-state index contributed by atoms with van der Waals surface area (Å²) in [5.74, 6) is 6.94. The topological polar surface area (TPSA) is 67.4 Å². The van der Waals surface area contributed by atoms with Gasteiger partial charge in [-0.25, -0.2) is 0 Å². The molecule has 2 aromatic rings. The summed E-state index contributed by atoms with van der Waals surface area (Å²) in [6.45, 7) is 7.39. The van der Waals surface area contributed by atoms with Crippen LogP contribution in [0.2, 0.25) is 0 Å². The first kappa shape index (κ1) is 18.1. The molecule has 5 heteroatoms. The summed E-state index contributed by atoms with van der Waals surface area (Å²) in [5.41, 5.74) is 2.64. The standard InChI is InChI=1S/C23H22N2O3/c1-22(2)20(26)15-8-6-7-14(18(15)24-22)10-9-13-11-12-16(28-5)19-17(13)21(27)23(3,4)25-19/h6-8,11-12,24-25H,1-5H3. The van der Waals surface area contributed by atoms with Gasteiger partial charge in [0, 0.05) is 16.7 Å². The molecule has 0 atom stereocenters. The fraction of sp³-hybridized carbons (Fsp3) is 0.304. The highest BCUT2D eigenvalue weighted by molar-refractivity contribution is 6.16. The first-order valence-corrected chi connectivity index (χ1v) is 9.18. The van der Waals surface area contributed by atoms with Gasteiger partial charge in [-0.15, -0.1) is 0 Å². The number of carbonyl (C=O) groups excluding carboxylic acids is 2. The number of nitrogens with one attached hydrogen (secondary N) is 2. The van der Waals surface area contributed by atoms with Gasteiger partial charge in [-0.1, -0.05) is 17.9 Å². The summed E-state index contributed by atoms with van der Waals surface area (Å²) in [6, 6.07) is 9.13. The maximum atomic E-state index is 12.9. The molecule has 28 heavy (non-hydrogen) atoms. The van der Waals surface area contributed by atoms with Gasteiger partial charge in [0.25, 0.3) is 0 Å². The fourth-order valence-corrected chi connectivity index (χ4v) is 3.72. The van der Waals surface area contributed by atoms with Crippen molar-refractivity contribution in [1.29, 1.82) is 0 Å². The molecule has 0 aliphatic carbocycles. The fourth-order valence-electron chi connectivity index (χ4n) is 3.72. The molecule has 142 valence electrons. The molecule has 2 N–H and O–H groups in total. The Balaban J connectivity index is 1.82. The molecule has 0 unspecified atom stereocenters. The second-order valence-corrected chi connectivity index (χ2v) is 8.20. The van der Waals surface area contributed by atoms with Gasteiger partial charge >= 0.3 is 0 Å². The van der Waals surface area contributed by atoms with Crippen LogP contribution in [0.3, 0.4) is 0 Å². The lowest BCUT2D eigenvalue weighted by atomic mass is 9.95. The van der Waals surface area contributed by atoms with Crippen LogP contribution in [0.15, 0.2) is 30.3 Å². The van der Waals surface area contributed by atoms with Crippen molar-refractivity contribution in [1.82, 2.24) is 0 Å². The lowest BCUT2D eigenvalue weighted by Gasteiger charge is -2.16. The quantitative estimate of drug-likeness (QED) is 0.742. The third-order valence-electron chi connectivity index (χ3n) is 5.27. The molecule has 0 aromatic heterocycles. The van der Waals surface area contributed by atoms with Crippen molar-refractivity contribution in [3.05, 3.63) is 52.6 Å². The Kier molecular flexibility index (Phi) is 3.80. The zero-order valence-electron chi connectivity index (χ0n) is 16.6. The summed E-state index contributed by atoms with van der Waals surface area (Å²) >= 11 is 0. The van der Waals surface area contributed by atoms with Crippen molar-refractivity contribution in [3.8, 4) is 17.6 Å². The molecule has 2 aliphatic rings. The van der Waals surface area contributed by atoms with E-state index in [1.165, 1.54) is 0 Å². The highest BCUT2D eigenvalue weighted by Crippen LogP contribution is 2.41. The van der Waals surface area contributed by atoms with E-state index in [-0.39, 0.29) is 11.6 Å². The average Bonchev–Trinajstić information content (AvgIpc) is 3.03. The lowest BCUT2D eigenvalue weighted by molar-refractivity contribution is 0.0933. The minimum atomic E-state index is -0.709. The molecule has 0 radical (unpaired) electrons. The second kappa shape index (κ2) is 5.87. The molecule has 2 aliphatic heterocycles. The van der Waals surface area contributed by atoms with Crippen LogP contribution in [-0.2, 0) is 0 Å². The van der Waals surface area contributed by atoms with Crippen LogP contribution >= 0.6 is 0 Å². The van der Waals surface area contributed by atoms with Gasteiger partial charge in [-0.05, 0) is 52.0 Å². The number of anilines is 2. The van der Waals surface area contributed by atoms with Crippen LogP contribution in [-0.4, -0.2) is 29.8 Å². The van der Waals surface area contributed by atoms with Gasteiger partial charge in [0.05, 0.1) is 35.1 Å². The van der Waals surface area contributed by atoms with E-state index in [0.717, 1.165) is 11.3 Å². The van der Waals surface area contributed by atoms with Gasteiger partial charge in [-0.2, -0.15) is 0 Å². The third kappa shape index (κ3) is 2.56. The SMILES string of the molecule is COc1ccc(C#Cc2cccc3c2NC(C)(C)C3=O)c2c1NC(C)(C)C2=O. The number of carbonyl (C=O) groups is 2. The van der Waals surface area contributed by atoms with Gasteiger partial charge < -0.3 is 15.4 Å². The summed E-state index contributed by atoms with van der Waals surface area (Å²) in [5, 5.41) is 6.51. The lowest BCUT2D eigenvalue weighted by Crippen LogP contribution is -2.34. The number of fused-ring (bicyclic) bond motifs is 2. The van der Waals surface area contributed by atoms with E-state index in [9.17, 15) is 9.59 Å². The number of hydrogen-bond donors (Lipinski definition) is 2. The molecule has 0 amide bonds.